The molecule has 0 bridgehead atoms. The molecule has 2 aromatic heterocycles. The van der Waals surface area contributed by atoms with Gasteiger partial charge >= 0.3 is 0 Å². The maximum atomic E-state index is 6.86. The quantitative estimate of drug-likeness (QED) is 0.157. The van der Waals surface area contributed by atoms with Gasteiger partial charge in [0.05, 0.1) is 22.6 Å². The molecular formula is C61H39N3O. The van der Waals surface area contributed by atoms with Crippen LogP contribution in [-0.2, 0) is 0 Å². The number of aromatic nitrogens is 3. The standard InChI is InChI=1S/C61H39N3O/c1-3-16-38(17-4-1)39-30-32-40(33-31-39)57-58-48-26-11-13-28-52(48)62-60(51(58)36-56-59(57)49-27-12-14-29-55(49)65-56)44-22-15-21-43(34-44)53-37-54(64-61(63-53)41-18-5-2-6-19-41)50-35-42-20-7-8-23-45(42)46-24-9-10-25-47(46)50/h1-37,49,55H. The molecule has 2 atom stereocenters. The first kappa shape index (κ1) is 37.1. The third-order valence-electron chi connectivity index (χ3n) is 13.2. The van der Waals surface area contributed by atoms with Gasteiger partial charge < -0.3 is 4.74 Å². The lowest BCUT2D eigenvalue weighted by Crippen LogP contribution is -2.15. The maximum absolute atomic E-state index is 6.86. The van der Waals surface area contributed by atoms with Crippen molar-refractivity contribution in [2.75, 3.05) is 0 Å². The first-order valence-corrected chi connectivity index (χ1v) is 22.2. The van der Waals surface area contributed by atoms with Crippen molar-refractivity contribution >= 4 is 43.2 Å². The molecule has 0 fully saturated rings. The topological polar surface area (TPSA) is 47.9 Å². The van der Waals surface area contributed by atoms with Gasteiger partial charge in [0.25, 0.3) is 0 Å². The second-order valence-electron chi connectivity index (χ2n) is 17.0. The van der Waals surface area contributed by atoms with Gasteiger partial charge in [0.2, 0.25) is 0 Å². The van der Waals surface area contributed by atoms with E-state index in [1.807, 2.05) is 18.2 Å². The molecule has 11 aromatic rings. The number of para-hydroxylation sites is 1. The molecule has 2 aliphatic rings. The second-order valence-corrected chi connectivity index (χ2v) is 17.0. The number of hydrogen-bond acceptors (Lipinski definition) is 4. The summed E-state index contributed by atoms with van der Waals surface area (Å²) in [7, 11) is 0. The Labute approximate surface area is 376 Å². The summed E-state index contributed by atoms with van der Waals surface area (Å²) in [6.07, 6.45) is 8.64. The third-order valence-corrected chi connectivity index (χ3v) is 13.2. The zero-order valence-corrected chi connectivity index (χ0v) is 35.3. The van der Waals surface area contributed by atoms with Crippen molar-refractivity contribution in [1.29, 1.82) is 0 Å². The third kappa shape index (κ3) is 6.25. The highest BCUT2D eigenvalue weighted by Gasteiger charge is 2.36. The fourth-order valence-corrected chi connectivity index (χ4v) is 10.2. The molecule has 2 unspecified atom stereocenters. The van der Waals surface area contributed by atoms with Gasteiger partial charge in [0.1, 0.15) is 11.9 Å². The molecular weight excluding hydrogens is 791 g/mol. The smallest absolute Gasteiger partial charge is 0.160 e. The van der Waals surface area contributed by atoms with Gasteiger partial charge in [-0.15, -0.1) is 0 Å². The number of rotatable bonds is 6. The van der Waals surface area contributed by atoms with Gasteiger partial charge in [-0.3, -0.25) is 0 Å². The van der Waals surface area contributed by atoms with E-state index in [9.17, 15) is 0 Å². The largest absolute Gasteiger partial charge is 0.485 e. The maximum Gasteiger partial charge on any atom is 0.160 e. The van der Waals surface area contributed by atoms with E-state index in [-0.39, 0.29) is 12.0 Å². The molecule has 13 rings (SSSR count). The van der Waals surface area contributed by atoms with E-state index >= 15 is 0 Å². The summed E-state index contributed by atoms with van der Waals surface area (Å²) in [5.41, 5.74) is 13.5. The van der Waals surface area contributed by atoms with Crippen molar-refractivity contribution < 1.29 is 4.74 Å². The molecule has 0 amide bonds. The molecule has 0 saturated heterocycles. The van der Waals surface area contributed by atoms with Crippen LogP contribution >= 0.6 is 0 Å². The van der Waals surface area contributed by atoms with Crippen molar-refractivity contribution in [3.63, 3.8) is 0 Å². The van der Waals surface area contributed by atoms with E-state index in [2.05, 4.69) is 206 Å². The minimum atomic E-state index is -0.0781. The highest BCUT2D eigenvalue weighted by atomic mass is 16.5. The van der Waals surface area contributed by atoms with Crippen LogP contribution in [0.5, 0.6) is 5.75 Å². The van der Waals surface area contributed by atoms with Gasteiger partial charge in [-0.2, -0.15) is 0 Å². The number of allylic oxidation sites excluding steroid dienone is 2. The van der Waals surface area contributed by atoms with E-state index in [1.54, 1.807) is 0 Å². The van der Waals surface area contributed by atoms with Crippen LogP contribution in [0.3, 0.4) is 0 Å². The Hall–Kier alpha value is -8.47. The Bertz CT molecular complexity index is 3740. The molecule has 9 aromatic carbocycles. The summed E-state index contributed by atoms with van der Waals surface area (Å²) in [4.78, 5) is 16.1. The average molecular weight is 830 g/mol. The number of ether oxygens (including phenoxy) is 1. The SMILES string of the molecule is C1=CC2Oc3cc4c(-c5cccc(-c6cc(-c7cc8ccccc8c8ccccc78)nc(-c7ccccc7)n6)c5)nc5ccccc5c4c(-c4ccc(-c5ccccc5)cc4)c3C2C=C1. The number of fused-ring (bicyclic) bond motifs is 9. The average Bonchev–Trinajstić information content (AvgIpc) is 3.76. The van der Waals surface area contributed by atoms with Crippen LogP contribution in [0.2, 0.25) is 0 Å². The summed E-state index contributed by atoms with van der Waals surface area (Å²) in [6.45, 7) is 0. The van der Waals surface area contributed by atoms with Crippen LogP contribution in [0.4, 0.5) is 0 Å². The summed E-state index contributed by atoms with van der Waals surface area (Å²) in [5.74, 6) is 1.67. The Kier molecular flexibility index (Phi) is 8.63. The molecule has 0 saturated carbocycles. The lowest BCUT2D eigenvalue weighted by Gasteiger charge is -2.20. The Morgan fingerprint density at radius 2 is 1.03 bits per heavy atom. The molecule has 65 heavy (non-hydrogen) atoms. The van der Waals surface area contributed by atoms with E-state index < -0.39 is 0 Å². The molecule has 1 aliphatic heterocycles. The van der Waals surface area contributed by atoms with Gasteiger partial charge in [-0.1, -0.05) is 188 Å². The molecule has 4 nitrogen and oxygen atoms in total. The molecule has 304 valence electrons. The molecule has 1 aliphatic carbocycles. The van der Waals surface area contributed by atoms with E-state index in [4.69, 9.17) is 19.7 Å². The zero-order chi connectivity index (χ0) is 42.8. The van der Waals surface area contributed by atoms with E-state index in [1.165, 1.54) is 43.8 Å². The molecule has 0 radical (unpaired) electrons. The molecule has 4 heteroatoms. The van der Waals surface area contributed by atoms with Gasteiger partial charge in [0, 0.05) is 49.9 Å². The number of benzene rings is 9. The van der Waals surface area contributed by atoms with Crippen LogP contribution in [0.15, 0.2) is 224 Å². The highest BCUT2D eigenvalue weighted by molar-refractivity contribution is 6.19. The minimum absolute atomic E-state index is 0.0781. The van der Waals surface area contributed by atoms with Crippen molar-refractivity contribution in [2.45, 2.75) is 12.0 Å². The van der Waals surface area contributed by atoms with Gasteiger partial charge in [-0.05, 0) is 80.2 Å². The van der Waals surface area contributed by atoms with Gasteiger partial charge in [0.15, 0.2) is 5.82 Å². The first-order chi connectivity index (χ1) is 32.2. The number of nitrogens with zero attached hydrogens (tertiary/aromatic N) is 3. The van der Waals surface area contributed by atoms with E-state index in [0.717, 1.165) is 72.3 Å². The fourth-order valence-electron chi connectivity index (χ4n) is 10.2. The molecule has 0 spiro atoms. The highest BCUT2D eigenvalue weighted by Crippen LogP contribution is 2.52. The molecule has 3 heterocycles. The van der Waals surface area contributed by atoms with E-state index in [0.29, 0.717) is 5.82 Å². The minimum Gasteiger partial charge on any atom is -0.485 e. The summed E-state index contributed by atoms with van der Waals surface area (Å²) < 4.78 is 6.86. The van der Waals surface area contributed by atoms with Crippen LogP contribution in [0.25, 0.3) is 111 Å². The normalized spacial score (nSPS) is 15.1. The lowest BCUT2D eigenvalue weighted by molar-refractivity contribution is 0.269. The number of hydrogen-bond donors (Lipinski definition) is 0. The van der Waals surface area contributed by atoms with Crippen molar-refractivity contribution in [1.82, 2.24) is 15.0 Å². The molecule has 0 N–H and O–H groups in total. The van der Waals surface area contributed by atoms with Crippen LogP contribution < -0.4 is 4.74 Å². The number of pyridine rings is 1. The van der Waals surface area contributed by atoms with Crippen molar-refractivity contribution in [2.24, 2.45) is 0 Å². The van der Waals surface area contributed by atoms with Crippen LogP contribution in [-0.4, -0.2) is 21.1 Å². The first-order valence-electron chi connectivity index (χ1n) is 22.2. The monoisotopic (exact) mass is 829 g/mol. The summed E-state index contributed by atoms with van der Waals surface area (Å²) >= 11 is 0. The Morgan fingerprint density at radius 3 is 1.86 bits per heavy atom. The Morgan fingerprint density at radius 1 is 0.400 bits per heavy atom. The summed E-state index contributed by atoms with van der Waals surface area (Å²) in [5, 5.41) is 8.09. The zero-order valence-electron chi connectivity index (χ0n) is 35.3. The second kappa shape index (κ2) is 15.1. The van der Waals surface area contributed by atoms with Crippen LogP contribution in [0.1, 0.15) is 11.5 Å². The van der Waals surface area contributed by atoms with Crippen molar-refractivity contribution in [3.05, 3.63) is 230 Å². The predicted octanol–water partition coefficient (Wildman–Crippen LogP) is 15.5. The predicted molar refractivity (Wildman–Crippen MR) is 268 cm³/mol. The van der Waals surface area contributed by atoms with Gasteiger partial charge in [-0.25, -0.2) is 15.0 Å². The Balaban J connectivity index is 1.03. The summed E-state index contributed by atoms with van der Waals surface area (Å²) in [6, 6.07) is 71.0. The lowest BCUT2D eigenvalue weighted by atomic mass is 9.82. The fraction of sp³-hybridized carbons (Fsp3) is 0.0328. The van der Waals surface area contributed by atoms with Crippen molar-refractivity contribution in [3.8, 4) is 73.2 Å². The van der Waals surface area contributed by atoms with Crippen LogP contribution in [0, 0.1) is 0 Å².